The van der Waals surface area contributed by atoms with Gasteiger partial charge in [0.1, 0.15) is 17.7 Å². The van der Waals surface area contributed by atoms with E-state index in [9.17, 15) is 5.26 Å². The average molecular weight is 282 g/mol. The zero-order valence-corrected chi connectivity index (χ0v) is 12.1. The summed E-state index contributed by atoms with van der Waals surface area (Å²) < 4.78 is 1.71. The second-order valence-corrected chi connectivity index (χ2v) is 5.35. The minimum Gasteiger partial charge on any atom is -0.321 e. The van der Waals surface area contributed by atoms with Crippen LogP contribution in [0.25, 0.3) is 0 Å². The Kier molecular flexibility index (Phi) is 4.58. The van der Waals surface area contributed by atoms with Crippen LogP contribution in [-0.4, -0.2) is 21.6 Å². The quantitative estimate of drug-likeness (QED) is 0.885. The Balaban J connectivity index is 2.10. The summed E-state index contributed by atoms with van der Waals surface area (Å²) in [5.74, 6) is 0.266. The summed E-state index contributed by atoms with van der Waals surface area (Å²) in [4.78, 5) is 3.94. The smallest absolute Gasteiger partial charge is 0.176 e. The van der Waals surface area contributed by atoms with E-state index in [1.165, 1.54) is 6.33 Å². The molecule has 1 aromatic heterocycles. The molecular weight excluding hydrogens is 264 g/mol. The van der Waals surface area contributed by atoms with Gasteiger partial charge >= 0.3 is 0 Å². The molecule has 2 atom stereocenters. The molecule has 0 saturated heterocycles. The first-order valence-electron chi connectivity index (χ1n) is 7.22. The Morgan fingerprint density at radius 1 is 1.43 bits per heavy atom. The molecule has 6 nitrogen and oxygen atoms in total. The van der Waals surface area contributed by atoms with Gasteiger partial charge in [0, 0.05) is 6.54 Å². The van der Waals surface area contributed by atoms with E-state index in [1.807, 2.05) is 19.1 Å². The van der Waals surface area contributed by atoms with Gasteiger partial charge in [-0.05, 0) is 31.7 Å². The maximum absolute atomic E-state index is 9.53. The summed E-state index contributed by atoms with van der Waals surface area (Å²) in [6.45, 7) is 3.39. The number of aromatic nitrogens is 2. The van der Waals surface area contributed by atoms with Crippen molar-refractivity contribution in [2.24, 2.45) is 5.92 Å². The van der Waals surface area contributed by atoms with Gasteiger partial charge in [-0.25, -0.2) is 4.98 Å². The number of hydrogen-bond donors (Lipinski definition) is 1. The Bertz CT molecular complexity index is 626. The summed E-state index contributed by atoms with van der Waals surface area (Å²) in [5, 5.41) is 30.9. The Hall–Kier alpha value is -2.36. The van der Waals surface area contributed by atoms with Gasteiger partial charge in [0.05, 0.1) is 12.4 Å². The Labute approximate surface area is 124 Å². The second kappa shape index (κ2) is 6.39. The molecule has 2 unspecified atom stereocenters. The van der Waals surface area contributed by atoms with E-state index in [0.717, 1.165) is 32.2 Å². The lowest BCUT2D eigenvalue weighted by atomic mass is 9.86. The number of hydrogen-bond acceptors (Lipinski definition) is 5. The van der Waals surface area contributed by atoms with Crippen molar-refractivity contribution in [2.75, 3.05) is 6.54 Å². The fraction of sp³-hybridized carbons (Fsp3) is 0.600. The summed E-state index contributed by atoms with van der Waals surface area (Å²) in [6, 6.07) is 6.41. The highest BCUT2D eigenvalue weighted by Gasteiger charge is 2.42. The van der Waals surface area contributed by atoms with Gasteiger partial charge in [0.15, 0.2) is 11.4 Å². The van der Waals surface area contributed by atoms with Gasteiger partial charge in [0.2, 0.25) is 0 Å². The minimum absolute atomic E-state index is 0.169. The molecule has 108 valence electrons. The first kappa shape index (κ1) is 15.0. The van der Waals surface area contributed by atoms with Crippen LogP contribution in [0.5, 0.6) is 0 Å². The van der Waals surface area contributed by atoms with Gasteiger partial charge in [-0.2, -0.15) is 15.8 Å². The minimum atomic E-state index is -0.444. The molecule has 0 spiro atoms. The zero-order valence-electron chi connectivity index (χ0n) is 12.1. The van der Waals surface area contributed by atoms with Crippen LogP contribution in [0.1, 0.15) is 44.0 Å². The van der Waals surface area contributed by atoms with Crippen molar-refractivity contribution in [3.8, 4) is 18.2 Å². The first-order chi connectivity index (χ1) is 10.2. The highest BCUT2D eigenvalue weighted by Crippen LogP contribution is 2.37. The van der Waals surface area contributed by atoms with Crippen molar-refractivity contribution in [1.82, 2.24) is 14.9 Å². The largest absolute Gasteiger partial charge is 0.321 e. The average Bonchev–Trinajstić information content (AvgIpc) is 3.09. The summed E-state index contributed by atoms with van der Waals surface area (Å²) in [5.41, 5.74) is 0.0314. The van der Waals surface area contributed by atoms with Gasteiger partial charge < -0.3 is 4.57 Å². The molecule has 1 N–H and O–H groups in total. The molecule has 1 heterocycles. The summed E-state index contributed by atoms with van der Waals surface area (Å²) in [7, 11) is 0. The lowest BCUT2D eigenvalue weighted by Gasteiger charge is -2.29. The van der Waals surface area contributed by atoms with E-state index in [0.29, 0.717) is 12.2 Å². The van der Waals surface area contributed by atoms with Gasteiger partial charge in [-0.3, -0.25) is 5.32 Å². The Morgan fingerprint density at radius 3 is 2.86 bits per heavy atom. The van der Waals surface area contributed by atoms with Crippen LogP contribution in [0.4, 0.5) is 0 Å². The Morgan fingerprint density at radius 2 is 2.24 bits per heavy atom. The normalized spacial score (nSPS) is 24.2. The fourth-order valence-corrected chi connectivity index (χ4v) is 3.25. The molecule has 0 radical (unpaired) electrons. The molecular formula is C15H18N6. The van der Waals surface area contributed by atoms with Gasteiger partial charge in [0.25, 0.3) is 0 Å². The van der Waals surface area contributed by atoms with Crippen LogP contribution in [0.15, 0.2) is 6.33 Å². The van der Waals surface area contributed by atoms with E-state index in [-0.39, 0.29) is 11.6 Å². The number of nitrogens with zero attached hydrogens (tertiary/aromatic N) is 5. The highest BCUT2D eigenvalue weighted by molar-refractivity contribution is 5.36. The van der Waals surface area contributed by atoms with E-state index < -0.39 is 5.54 Å². The predicted octanol–water partition coefficient (Wildman–Crippen LogP) is 1.69. The molecule has 0 bridgehead atoms. The van der Waals surface area contributed by atoms with Gasteiger partial charge in [-0.1, -0.05) is 13.3 Å². The monoisotopic (exact) mass is 282 g/mol. The van der Waals surface area contributed by atoms with Crippen molar-refractivity contribution in [2.45, 2.75) is 44.7 Å². The van der Waals surface area contributed by atoms with Crippen molar-refractivity contribution in [1.29, 1.82) is 15.8 Å². The standard InChI is InChI=1S/C15H18N6/c1-2-20-15(10-18)6-3-4-12(15)5-7-21-11-19-13(8-16)14(21)9-17/h11-12,20H,2-7H2,1H3. The second-order valence-electron chi connectivity index (χ2n) is 5.35. The molecule has 6 heteroatoms. The van der Waals surface area contributed by atoms with Gasteiger partial charge in [-0.15, -0.1) is 0 Å². The number of imidazole rings is 1. The molecule has 0 aromatic carbocycles. The van der Waals surface area contributed by atoms with Crippen molar-refractivity contribution in [3.05, 3.63) is 17.7 Å². The maximum Gasteiger partial charge on any atom is 0.176 e. The maximum atomic E-state index is 9.53. The molecule has 21 heavy (non-hydrogen) atoms. The lowest BCUT2D eigenvalue weighted by Crippen LogP contribution is -2.47. The molecule has 1 aliphatic carbocycles. The van der Waals surface area contributed by atoms with Crippen molar-refractivity contribution in [3.63, 3.8) is 0 Å². The van der Waals surface area contributed by atoms with E-state index >= 15 is 0 Å². The first-order valence-corrected chi connectivity index (χ1v) is 7.22. The topological polar surface area (TPSA) is 101 Å². The van der Waals surface area contributed by atoms with E-state index in [2.05, 4.69) is 16.4 Å². The number of aryl methyl sites for hydroxylation is 1. The van der Waals surface area contributed by atoms with Crippen LogP contribution < -0.4 is 5.32 Å². The predicted molar refractivity (Wildman–Crippen MR) is 75.6 cm³/mol. The molecule has 1 aliphatic rings. The third-order valence-electron chi connectivity index (χ3n) is 4.28. The molecule has 2 rings (SSSR count). The van der Waals surface area contributed by atoms with Crippen LogP contribution in [0.3, 0.4) is 0 Å². The van der Waals surface area contributed by atoms with Crippen LogP contribution in [-0.2, 0) is 6.54 Å². The van der Waals surface area contributed by atoms with Crippen LogP contribution >= 0.6 is 0 Å². The van der Waals surface area contributed by atoms with Crippen molar-refractivity contribution >= 4 is 0 Å². The molecule has 1 aromatic rings. The number of nitrogens with one attached hydrogen (secondary N) is 1. The molecule has 1 saturated carbocycles. The molecule has 1 fully saturated rings. The molecule has 0 amide bonds. The van der Waals surface area contributed by atoms with Crippen LogP contribution in [0, 0.1) is 39.9 Å². The lowest BCUT2D eigenvalue weighted by molar-refractivity contribution is 0.295. The fourth-order valence-electron chi connectivity index (χ4n) is 3.25. The number of nitriles is 3. The highest BCUT2D eigenvalue weighted by atomic mass is 15.1. The van der Waals surface area contributed by atoms with E-state index in [1.54, 1.807) is 4.57 Å². The third-order valence-corrected chi connectivity index (χ3v) is 4.28. The molecule has 0 aliphatic heterocycles. The summed E-state index contributed by atoms with van der Waals surface area (Å²) >= 11 is 0. The van der Waals surface area contributed by atoms with Crippen molar-refractivity contribution < 1.29 is 0 Å². The van der Waals surface area contributed by atoms with Crippen LogP contribution in [0.2, 0.25) is 0 Å². The zero-order chi connectivity index (χ0) is 15.3. The van der Waals surface area contributed by atoms with E-state index in [4.69, 9.17) is 10.5 Å². The number of rotatable bonds is 5. The third kappa shape index (κ3) is 2.75. The SMILES string of the molecule is CCNC1(C#N)CCCC1CCn1cnc(C#N)c1C#N. The summed E-state index contributed by atoms with van der Waals surface area (Å²) in [6.07, 6.45) is 5.27.